The fourth-order valence-electron chi connectivity index (χ4n) is 5.24. The van der Waals surface area contributed by atoms with E-state index in [0.29, 0.717) is 25.0 Å². The minimum Gasteiger partial charge on any atom is -0.469 e. The number of hydrogen-bond acceptors (Lipinski definition) is 8. The topological polar surface area (TPSA) is 103 Å². The third-order valence-corrected chi connectivity index (χ3v) is 8.86. The van der Waals surface area contributed by atoms with E-state index >= 15 is 0 Å². The molecule has 0 saturated carbocycles. The van der Waals surface area contributed by atoms with Crippen molar-refractivity contribution in [3.05, 3.63) is 75.6 Å². The molecular weight excluding hydrogens is 595 g/mol. The molecule has 0 spiro atoms. The van der Waals surface area contributed by atoms with Crippen LogP contribution in [0.25, 0.3) is 10.9 Å². The van der Waals surface area contributed by atoms with Crippen LogP contribution in [0, 0.1) is 5.82 Å². The molecule has 5 rings (SSSR count). The molecule has 9 nitrogen and oxygen atoms in total. The number of carbonyl (C=O) groups excluding carboxylic acids is 3. The molecule has 12 heteroatoms. The first kappa shape index (κ1) is 30.7. The van der Waals surface area contributed by atoms with Crippen molar-refractivity contribution in [2.75, 3.05) is 37.1 Å². The van der Waals surface area contributed by atoms with Crippen molar-refractivity contribution in [2.45, 2.75) is 38.1 Å². The van der Waals surface area contributed by atoms with Gasteiger partial charge >= 0.3 is 5.97 Å². The molecule has 0 radical (unpaired) electrons. The van der Waals surface area contributed by atoms with Crippen LogP contribution in [0.5, 0.6) is 0 Å². The summed E-state index contributed by atoms with van der Waals surface area (Å²) in [4.78, 5) is 44.7. The Morgan fingerprint density at radius 2 is 2.05 bits per heavy atom. The number of anilines is 2. The van der Waals surface area contributed by atoms with Gasteiger partial charge in [-0.3, -0.25) is 14.4 Å². The molecule has 0 bridgehead atoms. The van der Waals surface area contributed by atoms with Crippen LogP contribution in [-0.2, 0) is 39.0 Å². The van der Waals surface area contributed by atoms with Gasteiger partial charge in [-0.2, -0.15) is 0 Å². The number of esters is 1. The summed E-state index contributed by atoms with van der Waals surface area (Å²) in [7, 11) is 3.22. The van der Waals surface area contributed by atoms with Crippen LogP contribution < -0.4 is 10.2 Å². The molecule has 2 aromatic heterocycles. The van der Waals surface area contributed by atoms with Crippen LogP contribution in [0.2, 0.25) is 5.02 Å². The number of nitrogens with one attached hydrogen (secondary N) is 1. The van der Waals surface area contributed by atoms with Gasteiger partial charge in [-0.05, 0) is 43.0 Å². The number of carbonyl (C=O) groups is 3. The van der Waals surface area contributed by atoms with E-state index in [0.717, 1.165) is 46.4 Å². The highest BCUT2D eigenvalue weighted by molar-refractivity contribution is 7.15. The Morgan fingerprint density at radius 1 is 1.23 bits per heavy atom. The van der Waals surface area contributed by atoms with Gasteiger partial charge in [0.15, 0.2) is 10.9 Å². The first-order valence-electron chi connectivity index (χ1n) is 13.9. The number of amides is 1. The van der Waals surface area contributed by atoms with Crippen LogP contribution in [-0.4, -0.2) is 60.1 Å². The fourth-order valence-corrected chi connectivity index (χ4v) is 6.48. The highest BCUT2D eigenvalue weighted by atomic mass is 35.5. The number of ether oxygens (including phenoxy) is 2. The molecular formula is C31H32ClFN4O5S. The van der Waals surface area contributed by atoms with Crippen molar-refractivity contribution in [3.63, 3.8) is 0 Å². The number of fused-ring (bicyclic) bond motifs is 1. The van der Waals surface area contributed by atoms with Gasteiger partial charge in [-0.1, -0.05) is 29.8 Å². The second-order valence-electron chi connectivity index (χ2n) is 10.5. The molecule has 1 amide bonds. The van der Waals surface area contributed by atoms with Crippen molar-refractivity contribution in [1.29, 1.82) is 0 Å². The van der Waals surface area contributed by atoms with E-state index in [2.05, 4.69) is 15.2 Å². The van der Waals surface area contributed by atoms with E-state index in [4.69, 9.17) is 21.1 Å². The van der Waals surface area contributed by atoms with Crippen molar-refractivity contribution >= 4 is 62.3 Å². The predicted molar refractivity (Wildman–Crippen MR) is 165 cm³/mol. The quantitative estimate of drug-likeness (QED) is 0.205. The minimum absolute atomic E-state index is 0.0724. The van der Waals surface area contributed by atoms with Crippen molar-refractivity contribution < 1.29 is 28.2 Å². The molecule has 1 atom stereocenters. The normalized spacial score (nSPS) is 14.8. The highest BCUT2D eigenvalue weighted by Crippen LogP contribution is 2.31. The van der Waals surface area contributed by atoms with E-state index in [9.17, 15) is 18.8 Å². The summed E-state index contributed by atoms with van der Waals surface area (Å²) in [5, 5.41) is 4.46. The number of methoxy groups -OCH3 is 1. The number of hydrogen-bond donors (Lipinski definition) is 1. The molecule has 3 heterocycles. The number of Topliss-reactive ketones (excluding diaryl/α,β-unsaturated/α-hetero) is 1. The lowest BCUT2D eigenvalue weighted by molar-refractivity contribution is -0.140. The lowest BCUT2D eigenvalue weighted by atomic mass is 10.1. The fraction of sp³-hybridized carbons (Fsp3) is 0.355. The third kappa shape index (κ3) is 7.23. The summed E-state index contributed by atoms with van der Waals surface area (Å²) >= 11 is 7.93. The summed E-state index contributed by atoms with van der Waals surface area (Å²) in [6, 6.07) is 10.1. The number of nitrogens with zero attached hydrogens (tertiary/aromatic N) is 3. The van der Waals surface area contributed by atoms with Crippen molar-refractivity contribution in [3.8, 4) is 0 Å². The maximum Gasteiger partial charge on any atom is 0.305 e. The zero-order chi connectivity index (χ0) is 30.5. The molecule has 1 saturated heterocycles. The maximum absolute atomic E-state index is 15.0. The Kier molecular flexibility index (Phi) is 9.74. The van der Waals surface area contributed by atoms with Gasteiger partial charge < -0.3 is 24.3 Å². The first-order chi connectivity index (χ1) is 20.7. The Hall–Kier alpha value is -3.80. The van der Waals surface area contributed by atoms with Gasteiger partial charge in [-0.15, -0.1) is 11.3 Å². The van der Waals surface area contributed by atoms with Crippen molar-refractivity contribution in [1.82, 2.24) is 9.55 Å². The van der Waals surface area contributed by atoms with Gasteiger partial charge in [0.1, 0.15) is 12.4 Å². The summed E-state index contributed by atoms with van der Waals surface area (Å²) in [5.41, 5.74) is 1.60. The number of aryl methyl sites for hydroxylation is 2. The van der Waals surface area contributed by atoms with Crippen LogP contribution in [0.1, 0.15) is 40.1 Å². The molecule has 0 aliphatic carbocycles. The molecule has 43 heavy (non-hydrogen) atoms. The highest BCUT2D eigenvalue weighted by Gasteiger charge is 2.27. The smallest absolute Gasteiger partial charge is 0.305 e. The summed E-state index contributed by atoms with van der Waals surface area (Å²) in [6.07, 6.45) is 6.07. The Labute approximate surface area is 257 Å². The maximum atomic E-state index is 15.0. The molecule has 1 fully saturated rings. The summed E-state index contributed by atoms with van der Waals surface area (Å²) < 4.78 is 27.3. The molecule has 226 valence electrons. The summed E-state index contributed by atoms with van der Waals surface area (Å²) in [6.45, 7) is 1.01. The van der Waals surface area contributed by atoms with Gasteiger partial charge in [0.25, 0.3) is 5.91 Å². The zero-order valence-corrected chi connectivity index (χ0v) is 25.5. The lowest BCUT2D eigenvalue weighted by Gasteiger charge is -2.23. The number of rotatable bonds is 12. The molecule has 0 unspecified atom stereocenters. The molecule has 4 aromatic rings. The van der Waals surface area contributed by atoms with Gasteiger partial charge in [0, 0.05) is 48.2 Å². The standard InChI is InChI=1S/C31H32ClFN4O5S/c1-36-16-24(23-7-3-4-8-28(23)36)30(40)35-27-14-26(33)19(13-25(27)32)12-21(38)18-42-17-20-6-5-11-37(20)31-34-15-22(43-31)9-10-29(39)41-2/h3-4,7-8,13-16,20H,5-6,9-12,17-18H2,1-2H3,(H,35,40)/t20-/m0/s1. The average molecular weight is 627 g/mol. The minimum atomic E-state index is -0.639. The molecule has 1 N–H and O–H groups in total. The number of para-hydroxylation sites is 1. The van der Waals surface area contributed by atoms with E-state index in [1.807, 2.05) is 35.9 Å². The zero-order valence-electron chi connectivity index (χ0n) is 23.9. The van der Waals surface area contributed by atoms with Gasteiger partial charge in [-0.25, -0.2) is 9.37 Å². The van der Waals surface area contributed by atoms with Crippen LogP contribution in [0.3, 0.4) is 0 Å². The number of benzene rings is 2. The second kappa shape index (κ2) is 13.7. The SMILES string of the molecule is COC(=O)CCc1cnc(N2CCC[C@H]2COCC(=O)Cc2cc(Cl)c(NC(=O)c3cn(C)c4ccccc34)cc2F)s1. The van der Waals surface area contributed by atoms with Crippen LogP contribution in [0.15, 0.2) is 48.8 Å². The lowest BCUT2D eigenvalue weighted by Crippen LogP contribution is -2.33. The Balaban J connectivity index is 1.13. The Morgan fingerprint density at radius 3 is 2.86 bits per heavy atom. The average Bonchev–Trinajstić information content (AvgIpc) is 3.73. The van der Waals surface area contributed by atoms with Crippen LogP contribution >= 0.6 is 22.9 Å². The second-order valence-corrected chi connectivity index (χ2v) is 12.0. The summed E-state index contributed by atoms with van der Waals surface area (Å²) in [5.74, 6) is -1.59. The third-order valence-electron chi connectivity index (χ3n) is 7.45. The molecule has 1 aliphatic rings. The molecule has 1 aliphatic heterocycles. The van der Waals surface area contributed by atoms with Gasteiger partial charge in [0.05, 0.1) is 42.5 Å². The Bertz CT molecular complexity index is 1650. The molecule has 2 aromatic carbocycles. The number of halogens is 2. The van der Waals surface area contributed by atoms with E-state index in [1.54, 1.807) is 12.4 Å². The van der Waals surface area contributed by atoms with Crippen LogP contribution in [0.4, 0.5) is 15.2 Å². The van der Waals surface area contributed by atoms with E-state index < -0.39 is 11.7 Å². The number of ketones is 1. The monoisotopic (exact) mass is 626 g/mol. The largest absolute Gasteiger partial charge is 0.469 e. The number of aromatic nitrogens is 2. The van der Waals surface area contributed by atoms with Crippen molar-refractivity contribution in [2.24, 2.45) is 7.05 Å². The van der Waals surface area contributed by atoms with E-state index in [1.165, 1.54) is 24.5 Å². The van der Waals surface area contributed by atoms with E-state index in [-0.39, 0.29) is 47.1 Å². The predicted octanol–water partition coefficient (Wildman–Crippen LogP) is 5.58. The van der Waals surface area contributed by atoms with Gasteiger partial charge in [0.2, 0.25) is 0 Å². The number of thiazole rings is 1. The first-order valence-corrected chi connectivity index (χ1v) is 15.1.